The lowest BCUT2D eigenvalue weighted by Gasteiger charge is -2.19. The molecule has 0 radical (unpaired) electrons. The highest BCUT2D eigenvalue weighted by Crippen LogP contribution is 2.32. The van der Waals surface area contributed by atoms with Gasteiger partial charge in [0.15, 0.2) is 11.5 Å². The molecule has 0 aliphatic heterocycles. The van der Waals surface area contributed by atoms with Gasteiger partial charge in [0.2, 0.25) is 0 Å². The highest BCUT2D eigenvalue weighted by atomic mass is 19.3. The maximum atomic E-state index is 12.3. The molecule has 0 heterocycles. The third kappa shape index (κ3) is 5.20. The lowest BCUT2D eigenvalue weighted by Crippen LogP contribution is -2.29. The van der Waals surface area contributed by atoms with Crippen LogP contribution in [0.3, 0.4) is 0 Å². The standard InChI is InChI=1S/C15H20F2N2O2/c1-4-10(3)19-12(9-18)11-6-7-13(21-15(16)17)14(8-11)20-5-2/h6-8,10,12,15,19H,4-5H2,1-3H3. The van der Waals surface area contributed by atoms with Crippen LogP contribution in [0.15, 0.2) is 18.2 Å². The Morgan fingerprint density at radius 1 is 1.29 bits per heavy atom. The second-order valence-electron chi connectivity index (χ2n) is 4.56. The van der Waals surface area contributed by atoms with E-state index in [1.54, 1.807) is 19.1 Å². The lowest BCUT2D eigenvalue weighted by molar-refractivity contribution is -0.0514. The van der Waals surface area contributed by atoms with Crippen molar-refractivity contribution in [3.05, 3.63) is 23.8 Å². The fraction of sp³-hybridized carbons (Fsp3) is 0.533. The Labute approximate surface area is 123 Å². The van der Waals surface area contributed by atoms with Gasteiger partial charge in [-0.1, -0.05) is 13.0 Å². The zero-order valence-electron chi connectivity index (χ0n) is 12.4. The molecule has 2 atom stereocenters. The van der Waals surface area contributed by atoms with Gasteiger partial charge in [-0.05, 0) is 38.0 Å². The molecule has 0 spiro atoms. The lowest BCUT2D eigenvalue weighted by atomic mass is 10.1. The van der Waals surface area contributed by atoms with Crippen molar-refractivity contribution < 1.29 is 18.3 Å². The fourth-order valence-electron chi connectivity index (χ4n) is 1.78. The van der Waals surface area contributed by atoms with Gasteiger partial charge in [-0.2, -0.15) is 14.0 Å². The van der Waals surface area contributed by atoms with Crippen LogP contribution in [-0.2, 0) is 0 Å². The molecule has 1 rings (SSSR count). The van der Waals surface area contributed by atoms with Crippen LogP contribution in [0.2, 0.25) is 0 Å². The number of benzene rings is 1. The number of ether oxygens (including phenoxy) is 2. The second kappa shape index (κ2) is 8.42. The summed E-state index contributed by atoms with van der Waals surface area (Å²) in [5.41, 5.74) is 0.655. The van der Waals surface area contributed by atoms with Crippen LogP contribution in [0.25, 0.3) is 0 Å². The minimum atomic E-state index is -2.92. The summed E-state index contributed by atoms with van der Waals surface area (Å²) in [7, 11) is 0. The Kier molecular flexibility index (Phi) is 6.89. The number of nitrogens with zero attached hydrogens (tertiary/aromatic N) is 1. The summed E-state index contributed by atoms with van der Waals surface area (Å²) in [4.78, 5) is 0. The van der Waals surface area contributed by atoms with E-state index in [9.17, 15) is 14.0 Å². The minimum absolute atomic E-state index is 0.0316. The largest absolute Gasteiger partial charge is 0.490 e. The molecular weight excluding hydrogens is 278 g/mol. The molecule has 0 bridgehead atoms. The van der Waals surface area contributed by atoms with Crippen molar-refractivity contribution in [2.24, 2.45) is 0 Å². The number of nitrogens with one attached hydrogen (secondary N) is 1. The molecule has 0 aliphatic carbocycles. The molecule has 0 saturated heterocycles. The Morgan fingerprint density at radius 3 is 2.52 bits per heavy atom. The van der Waals surface area contributed by atoms with E-state index in [0.29, 0.717) is 12.2 Å². The van der Waals surface area contributed by atoms with Crippen LogP contribution in [0.4, 0.5) is 8.78 Å². The Balaban J connectivity index is 3.02. The van der Waals surface area contributed by atoms with Crippen LogP contribution >= 0.6 is 0 Å². The highest BCUT2D eigenvalue weighted by Gasteiger charge is 2.17. The zero-order valence-corrected chi connectivity index (χ0v) is 12.4. The van der Waals surface area contributed by atoms with Gasteiger partial charge in [0.05, 0.1) is 12.7 Å². The molecule has 2 unspecified atom stereocenters. The second-order valence-corrected chi connectivity index (χ2v) is 4.56. The van der Waals surface area contributed by atoms with Gasteiger partial charge in [-0.25, -0.2) is 0 Å². The molecule has 1 N–H and O–H groups in total. The van der Waals surface area contributed by atoms with Gasteiger partial charge in [0.25, 0.3) is 0 Å². The zero-order chi connectivity index (χ0) is 15.8. The topological polar surface area (TPSA) is 54.3 Å². The predicted octanol–water partition coefficient (Wildman–Crippen LogP) is 3.64. The van der Waals surface area contributed by atoms with Crippen molar-refractivity contribution in [1.29, 1.82) is 5.26 Å². The third-order valence-electron chi connectivity index (χ3n) is 3.01. The molecule has 116 valence electrons. The Bertz CT molecular complexity index is 489. The van der Waals surface area contributed by atoms with Crippen molar-refractivity contribution in [3.8, 4) is 17.6 Å². The summed E-state index contributed by atoms with van der Waals surface area (Å²) in [6.45, 7) is 3.14. The number of nitriles is 1. The van der Waals surface area contributed by atoms with Crippen LogP contribution in [0.5, 0.6) is 11.5 Å². The van der Waals surface area contributed by atoms with E-state index in [2.05, 4.69) is 16.1 Å². The van der Waals surface area contributed by atoms with Crippen molar-refractivity contribution in [2.75, 3.05) is 6.61 Å². The molecule has 1 aromatic carbocycles. The summed E-state index contributed by atoms with van der Waals surface area (Å²) in [6, 6.07) is 6.34. The highest BCUT2D eigenvalue weighted by molar-refractivity contribution is 5.45. The van der Waals surface area contributed by atoms with E-state index < -0.39 is 12.7 Å². The smallest absolute Gasteiger partial charge is 0.387 e. The maximum Gasteiger partial charge on any atom is 0.387 e. The summed E-state index contributed by atoms with van der Waals surface area (Å²) in [5.74, 6) is 0.178. The SMILES string of the molecule is CCOc1cc(C(C#N)NC(C)CC)ccc1OC(F)F. The number of halogens is 2. The van der Waals surface area contributed by atoms with E-state index in [1.807, 2.05) is 13.8 Å². The van der Waals surface area contributed by atoms with Gasteiger partial charge >= 0.3 is 6.61 Å². The molecule has 0 aromatic heterocycles. The van der Waals surface area contributed by atoms with E-state index in [1.165, 1.54) is 6.07 Å². The first-order chi connectivity index (χ1) is 10.0. The van der Waals surface area contributed by atoms with Gasteiger partial charge in [-0.15, -0.1) is 0 Å². The van der Waals surface area contributed by atoms with Crippen molar-refractivity contribution in [3.63, 3.8) is 0 Å². The van der Waals surface area contributed by atoms with Gasteiger partial charge in [-0.3, -0.25) is 5.32 Å². The first-order valence-corrected chi connectivity index (χ1v) is 6.89. The van der Waals surface area contributed by atoms with E-state index in [0.717, 1.165) is 6.42 Å². The third-order valence-corrected chi connectivity index (χ3v) is 3.01. The summed E-state index contributed by atoms with van der Waals surface area (Å²) in [6.07, 6.45) is 0.878. The molecule has 0 saturated carbocycles. The molecule has 4 nitrogen and oxygen atoms in total. The maximum absolute atomic E-state index is 12.3. The van der Waals surface area contributed by atoms with E-state index >= 15 is 0 Å². The number of rotatable bonds is 8. The van der Waals surface area contributed by atoms with Gasteiger partial charge in [0, 0.05) is 6.04 Å². The van der Waals surface area contributed by atoms with Crippen LogP contribution in [0, 0.1) is 11.3 Å². The monoisotopic (exact) mass is 298 g/mol. The van der Waals surface area contributed by atoms with Crippen LogP contribution in [-0.4, -0.2) is 19.3 Å². The van der Waals surface area contributed by atoms with Gasteiger partial charge < -0.3 is 9.47 Å². The van der Waals surface area contributed by atoms with Crippen molar-refractivity contribution in [1.82, 2.24) is 5.32 Å². The predicted molar refractivity (Wildman–Crippen MR) is 75.5 cm³/mol. The molecule has 21 heavy (non-hydrogen) atoms. The fourth-order valence-corrected chi connectivity index (χ4v) is 1.78. The summed E-state index contributed by atoms with van der Waals surface area (Å²) < 4.78 is 34.4. The minimum Gasteiger partial charge on any atom is -0.490 e. The molecule has 6 heteroatoms. The normalized spacial score (nSPS) is 13.6. The van der Waals surface area contributed by atoms with E-state index in [-0.39, 0.29) is 17.5 Å². The Morgan fingerprint density at radius 2 is 2.00 bits per heavy atom. The summed E-state index contributed by atoms with van der Waals surface area (Å²) in [5, 5.41) is 12.4. The molecule has 1 aromatic rings. The summed E-state index contributed by atoms with van der Waals surface area (Å²) >= 11 is 0. The molecule has 0 amide bonds. The van der Waals surface area contributed by atoms with Crippen LogP contribution < -0.4 is 14.8 Å². The Hall–Kier alpha value is -1.87. The first-order valence-electron chi connectivity index (χ1n) is 6.89. The quantitative estimate of drug-likeness (QED) is 0.796. The number of alkyl halides is 2. The molecule has 0 aliphatic rings. The average Bonchev–Trinajstić information content (AvgIpc) is 2.46. The van der Waals surface area contributed by atoms with Gasteiger partial charge in [0.1, 0.15) is 6.04 Å². The number of hydrogen-bond acceptors (Lipinski definition) is 4. The van der Waals surface area contributed by atoms with Crippen LogP contribution in [0.1, 0.15) is 38.8 Å². The first kappa shape index (κ1) is 17.2. The average molecular weight is 298 g/mol. The molecule has 0 fully saturated rings. The molecular formula is C15H20F2N2O2. The van der Waals surface area contributed by atoms with E-state index in [4.69, 9.17) is 4.74 Å². The van der Waals surface area contributed by atoms with Crippen molar-refractivity contribution in [2.45, 2.75) is 45.9 Å². The number of hydrogen-bond donors (Lipinski definition) is 1. The van der Waals surface area contributed by atoms with Crippen molar-refractivity contribution >= 4 is 0 Å².